The highest BCUT2D eigenvalue weighted by Crippen LogP contribution is 2.57. The molecule has 8 aromatic rings. The standard InChI is InChI=1S/C30H32N6O4S.C27H27N5O3S.C4H7ClO/c1-5-26(37)35-11-10-30(16-35)13-20(14-30)36-22-7-6-19(34(4)28(39)18(2)3)12-21(22)32-29(36)33-27(38)25-9-8-24(41-25)23-15-31-17-40-23;1-3-17-5-6-20-19(11-17)29-26(30-25(34)23-8-7-22(36-23)21-14-28-16-35-21)32(20)18-12-27(13-18)9-10-31(15-27)24(33)4-2;1-3(2)4(5)6/h5-9,12,15,17-18,20H,1,10-11,13-14,16H2,2-4H3,(H,32,33,38);4-8,11,14,16,18H,2-3,9-10,12-13,15H2,1H3,(H,29,30,34);3H,1-2H3. The van der Waals surface area contributed by atoms with Crippen LogP contribution >= 0.6 is 34.3 Å². The predicted molar refractivity (Wildman–Crippen MR) is 323 cm³/mol. The summed E-state index contributed by atoms with van der Waals surface area (Å²) in [5.41, 5.74) is 5.63. The number of fused-ring (bicyclic) bond motifs is 2. The molecule has 2 spiro atoms. The van der Waals surface area contributed by atoms with E-state index in [9.17, 15) is 28.8 Å². The second kappa shape index (κ2) is 24.1. The van der Waals surface area contributed by atoms with E-state index in [1.807, 2.05) is 54.0 Å². The monoisotopic (exact) mass is 1180 g/mol. The van der Waals surface area contributed by atoms with Gasteiger partial charge in [-0.2, -0.15) is 0 Å². The van der Waals surface area contributed by atoms with Gasteiger partial charge < -0.3 is 32.7 Å². The second-order valence-corrected chi connectivity index (χ2v) is 25.0. The predicted octanol–water partition coefficient (Wildman–Crippen LogP) is 12.1. The van der Waals surface area contributed by atoms with Gasteiger partial charge in [0.1, 0.15) is 0 Å². The lowest BCUT2D eigenvalue weighted by Crippen LogP contribution is -2.42. The maximum absolute atomic E-state index is 13.4. The molecule has 0 radical (unpaired) electrons. The number of halogens is 1. The molecule has 4 aliphatic rings. The molecule has 83 heavy (non-hydrogen) atoms. The van der Waals surface area contributed by atoms with Gasteiger partial charge in [-0.15, -0.1) is 22.7 Å². The summed E-state index contributed by atoms with van der Waals surface area (Å²) in [6.45, 7) is 19.6. The number of thiophene rings is 2. The number of aromatic nitrogens is 6. The van der Waals surface area contributed by atoms with Crippen molar-refractivity contribution in [2.45, 2.75) is 91.6 Å². The summed E-state index contributed by atoms with van der Waals surface area (Å²) in [5, 5.41) is 5.85. The third kappa shape index (κ3) is 12.1. The summed E-state index contributed by atoms with van der Waals surface area (Å²) in [6.07, 6.45) is 15.3. The normalized spacial score (nSPS) is 19.7. The van der Waals surface area contributed by atoms with Crippen LogP contribution in [0.1, 0.15) is 110 Å². The van der Waals surface area contributed by atoms with Crippen molar-refractivity contribution in [3.63, 3.8) is 0 Å². The highest BCUT2D eigenvalue weighted by atomic mass is 35.5. The van der Waals surface area contributed by atoms with Crippen LogP contribution in [0.25, 0.3) is 43.3 Å². The molecule has 19 nitrogen and oxygen atoms in total. The van der Waals surface area contributed by atoms with Gasteiger partial charge in [0.25, 0.3) is 11.8 Å². The lowest BCUT2D eigenvalue weighted by molar-refractivity contribution is -0.126. The number of anilines is 3. The highest BCUT2D eigenvalue weighted by molar-refractivity contribution is 7.17. The van der Waals surface area contributed by atoms with E-state index in [-0.39, 0.29) is 69.5 Å². The Morgan fingerprint density at radius 2 is 1.16 bits per heavy atom. The zero-order valence-corrected chi connectivity index (χ0v) is 49.6. The molecule has 6 aromatic heterocycles. The van der Waals surface area contributed by atoms with Crippen LogP contribution in [0.3, 0.4) is 0 Å². The number of benzene rings is 2. The Morgan fingerprint density at radius 3 is 1.57 bits per heavy atom. The van der Waals surface area contributed by atoms with Crippen molar-refractivity contribution in [2.75, 3.05) is 48.8 Å². The molecule has 2 saturated heterocycles. The first-order valence-corrected chi connectivity index (χ1v) is 29.7. The topological polar surface area (TPSA) is 224 Å². The van der Waals surface area contributed by atoms with Crippen LogP contribution in [-0.2, 0) is 25.6 Å². The van der Waals surface area contributed by atoms with Crippen LogP contribution in [0, 0.1) is 22.7 Å². The number of hydrogen-bond donors (Lipinski definition) is 2. The molecule has 2 N–H and O–H groups in total. The zero-order chi connectivity index (χ0) is 58.9. The number of carbonyl (C=O) groups is 6. The van der Waals surface area contributed by atoms with Gasteiger partial charge in [-0.25, -0.2) is 19.9 Å². The summed E-state index contributed by atoms with van der Waals surface area (Å²) in [7, 11) is 1.76. The molecule has 2 aliphatic carbocycles. The van der Waals surface area contributed by atoms with E-state index >= 15 is 0 Å². The Balaban J connectivity index is 0.000000170. The molecule has 0 atom stereocenters. The van der Waals surface area contributed by atoms with Crippen LogP contribution in [0.4, 0.5) is 17.6 Å². The molecule has 0 bridgehead atoms. The van der Waals surface area contributed by atoms with Gasteiger partial charge in [0.05, 0.1) is 54.0 Å². The Bertz CT molecular complexity index is 3750. The SMILES string of the molecule is C=CC(=O)N1CCC2(CC(n3c(NC(=O)c4ccc(-c5cnco5)s4)nc4cc(CC)ccc43)C2)C1.C=CC(=O)N1CCC2(CC(n3c(NC(=O)c4ccc(-c5cnco5)s4)nc4cc(N(C)C(=O)C(C)C)ccc43)C2)C1.CC(C)C(=O)Cl. The van der Waals surface area contributed by atoms with Crippen molar-refractivity contribution in [1.29, 1.82) is 0 Å². The van der Waals surface area contributed by atoms with Crippen LogP contribution in [0.2, 0.25) is 0 Å². The molecule has 2 aromatic carbocycles. The average Bonchev–Trinajstić information content (AvgIpc) is 1.85. The molecule has 0 unspecified atom stereocenters. The molecule has 4 fully saturated rings. The molecule has 432 valence electrons. The van der Waals surface area contributed by atoms with Crippen LogP contribution < -0.4 is 15.5 Å². The summed E-state index contributed by atoms with van der Waals surface area (Å²) in [6, 6.07) is 19.7. The highest BCUT2D eigenvalue weighted by Gasteiger charge is 2.52. The first-order chi connectivity index (χ1) is 39.8. The van der Waals surface area contributed by atoms with Crippen molar-refractivity contribution >= 4 is 109 Å². The molecule has 5 amide bonds. The smallest absolute Gasteiger partial charge is 0.268 e. The van der Waals surface area contributed by atoms with Gasteiger partial charge in [-0.1, -0.05) is 53.8 Å². The Kier molecular flexibility index (Phi) is 16.9. The number of amides is 5. The third-order valence-corrected chi connectivity index (χ3v) is 18.8. The van der Waals surface area contributed by atoms with Gasteiger partial charge >= 0.3 is 0 Å². The van der Waals surface area contributed by atoms with E-state index in [1.165, 1.54) is 53.2 Å². The molecular formula is C61H66ClN11O8S2. The molecule has 8 heterocycles. The van der Waals surface area contributed by atoms with E-state index in [2.05, 4.69) is 68.0 Å². The Hall–Kier alpha value is -8.01. The number of oxazole rings is 2. The Morgan fingerprint density at radius 1 is 0.699 bits per heavy atom. The lowest BCUT2D eigenvalue weighted by atomic mass is 9.64. The van der Waals surface area contributed by atoms with E-state index in [4.69, 9.17) is 30.4 Å². The van der Waals surface area contributed by atoms with Gasteiger partial charge in [0, 0.05) is 62.8 Å². The number of rotatable bonds is 14. The van der Waals surface area contributed by atoms with Gasteiger partial charge in [-0.05, 0) is 140 Å². The van der Waals surface area contributed by atoms with Crippen LogP contribution in [0.15, 0.2) is 120 Å². The molecule has 2 aliphatic heterocycles. The van der Waals surface area contributed by atoms with Gasteiger partial charge in [0.15, 0.2) is 24.3 Å². The van der Waals surface area contributed by atoms with Crippen molar-refractivity contribution in [3.8, 4) is 21.3 Å². The minimum atomic E-state index is -0.269. The van der Waals surface area contributed by atoms with E-state index in [1.54, 1.807) is 50.3 Å². The number of carbonyl (C=O) groups excluding carboxylic acids is 6. The zero-order valence-electron chi connectivity index (χ0n) is 47.2. The number of imidazole rings is 2. The van der Waals surface area contributed by atoms with Gasteiger partial charge in [0.2, 0.25) is 34.9 Å². The number of aryl methyl sites for hydroxylation is 1. The Labute approximate surface area is 493 Å². The fourth-order valence-corrected chi connectivity index (χ4v) is 13.4. The quantitative estimate of drug-likeness (QED) is 0.0766. The molecule has 22 heteroatoms. The molecular weight excluding hydrogens is 1110 g/mol. The molecule has 2 saturated carbocycles. The lowest BCUT2D eigenvalue weighted by Gasteiger charge is -2.46. The third-order valence-electron chi connectivity index (χ3n) is 16.2. The van der Waals surface area contributed by atoms with Crippen molar-refractivity contribution in [1.82, 2.24) is 38.9 Å². The molecule has 12 rings (SSSR count). The number of nitrogens with zero attached hydrogens (tertiary/aromatic N) is 9. The van der Waals surface area contributed by atoms with Crippen molar-refractivity contribution in [3.05, 3.63) is 126 Å². The number of hydrogen-bond acceptors (Lipinski definition) is 14. The van der Waals surface area contributed by atoms with Crippen LogP contribution in [-0.4, -0.2) is 107 Å². The minimum Gasteiger partial charge on any atom is -0.443 e. The average molecular weight is 1180 g/mol. The maximum Gasteiger partial charge on any atom is 0.268 e. The number of nitrogens with one attached hydrogen (secondary N) is 2. The minimum absolute atomic E-state index is 0.00380. The first-order valence-electron chi connectivity index (χ1n) is 27.7. The fraction of sp³-hybridized carbons (Fsp3) is 0.377. The number of likely N-dealkylation sites (tertiary alicyclic amines) is 2. The maximum atomic E-state index is 13.4. The van der Waals surface area contributed by atoms with E-state index in [0.29, 0.717) is 45.2 Å². The van der Waals surface area contributed by atoms with E-state index < -0.39 is 0 Å². The van der Waals surface area contributed by atoms with Gasteiger partial charge in [-0.3, -0.25) is 39.4 Å². The summed E-state index contributed by atoms with van der Waals surface area (Å²) < 4.78 is 15.0. The summed E-state index contributed by atoms with van der Waals surface area (Å²) in [4.78, 5) is 99.2. The first kappa shape index (κ1) is 58.2. The largest absolute Gasteiger partial charge is 0.443 e. The van der Waals surface area contributed by atoms with Crippen molar-refractivity contribution < 1.29 is 37.6 Å². The summed E-state index contributed by atoms with van der Waals surface area (Å²) in [5.74, 6) is 1.64. The fourth-order valence-electron chi connectivity index (χ4n) is 11.7. The van der Waals surface area contributed by atoms with E-state index in [0.717, 1.165) is 96.6 Å². The van der Waals surface area contributed by atoms with Crippen molar-refractivity contribution in [2.24, 2.45) is 22.7 Å². The van der Waals surface area contributed by atoms with Crippen LogP contribution in [0.5, 0.6) is 0 Å². The second-order valence-electron chi connectivity index (χ2n) is 22.5. The summed E-state index contributed by atoms with van der Waals surface area (Å²) >= 11 is 7.65.